The maximum Gasteiger partial charge on any atom is 0.222 e. The molecule has 2 rings (SSSR count). The van der Waals surface area contributed by atoms with Crippen LogP contribution in [0.1, 0.15) is 38.0 Å². The maximum absolute atomic E-state index is 11.9. The molecule has 1 saturated heterocycles. The van der Waals surface area contributed by atoms with E-state index in [1.807, 2.05) is 11.3 Å². The fraction of sp³-hybridized carbons (Fsp3) is 0.722. The molecule has 5 heteroatoms. The van der Waals surface area contributed by atoms with Crippen LogP contribution in [0.2, 0.25) is 0 Å². The van der Waals surface area contributed by atoms with Gasteiger partial charge in [-0.15, -0.1) is 11.3 Å². The maximum atomic E-state index is 11.9. The first-order valence-corrected chi connectivity index (χ1v) is 9.60. The first-order valence-electron chi connectivity index (χ1n) is 8.72. The summed E-state index contributed by atoms with van der Waals surface area (Å²) < 4.78 is 5.47. The summed E-state index contributed by atoms with van der Waals surface area (Å²) in [6.45, 7) is 9.59. The Balaban J connectivity index is 1.60. The van der Waals surface area contributed by atoms with Gasteiger partial charge in [-0.1, -0.05) is 19.9 Å². The number of thiophene rings is 1. The van der Waals surface area contributed by atoms with Gasteiger partial charge in [0, 0.05) is 37.5 Å². The van der Waals surface area contributed by atoms with Crippen LogP contribution in [0.15, 0.2) is 17.5 Å². The van der Waals surface area contributed by atoms with Crippen molar-refractivity contribution in [2.24, 2.45) is 11.8 Å². The zero-order valence-electron chi connectivity index (χ0n) is 14.4. The fourth-order valence-corrected chi connectivity index (χ4v) is 3.66. The van der Waals surface area contributed by atoms with Gasteiger partial charge >= 0.3 is 0 Å². The standard InChI is InChI=1S/C18H30N2O2S/c1-15(2)14-22-9-7-18(21)19-11-16-5-3-8-20(12-16)13-17-6-4-10-23-17/h4,6,10,15-16H,3,5,7-9,11-14H2,1-2H3,(H,19,21). The Morgan fingerprint density at radius 1 is 1.52 bits per heavy atom. The molecule has 23 heavy (non-hydrogen) atoms. The lowest BCUT2D eigenvalue weighted by molar-refractivity contribution is -0.122. The van der Waals surface area contributed by atoms with Crippen LogP contribution in [0, 0.1) is 11.8 Å². The topological polar surface area (TPSA) is 41.6 Å². The second kappa shape index (κ2) is 10.1. The van der Waals surface area contributed by atoms with Crippen molar-refractivity contribution in [3.63, 3.8) is 0 Å². The predicted octanol–water partition coefficient (Wildman–Crippen LogP) is 3.14. The van der Waals surface area contributed by atoms with Crippen LogP contribution in [-0.4, -0.2) is 43.7 Å². The van der Waals surface area contributed by atoms with E-state index in [0.29, 0.717) is 24.9 Å². The third-order valence-corrected chi connectivity index (χ3v) is 4.94. The van der Waals surface area contributed by atoms with Crippen molar-refractivity contribution >= 4 is 17.2 Å². The van der Waals surface area contributed by atoms with Crippen LogP contribution < -0.4 is 5.32 Å². The van der Waals surface area contributed by atoms with Gasteiger partial charge in [-0.25, -0.2) is 0 Å². The molecule has 1 atom stereocenters. The summed E-state index contributed by atoms with van der Waals surface area (Å²) in [6, 6.07) is 4.32. The lowest BCUT2D eigenvalue weighted by atomic mass is 9.98. The minimum atomic E-state index is 0.115. The number of nitrogens with one attached hydrogen (secondary N) is 1. The molecule has 0 spiro atoms. The van der Waals surface area contributed by atoms with E-state index in [1.165, 1.54) is 24.3 Å². The molecule has 0 saturated carbocycles. The third kappa shape index (κ3) is 7.46. The molecule has 1 aliphatic heterocycles. The van der Waals surface area contributed by atoms with Gasteiger partial charge in [-0.3, -0.25) is 9.69 Å². The second-order valence-electron chi connectivity index (χ2n) is 6.85. The van der Waals surface area contributed by atoms with Crippen molar-refractivity contribution in [2.45, 2.75) is 39.7 Å². The van der Waals surface area contributed by atoms with E-state index in [-0.39, 0.29) is 5.91 Å². The fourth-order valence-electron chi connectivity index (χ4n) is 2.91. The molecule has 1 aromatic rings. The van der Waals surface area contributed by atoms with Crippen LogP contribution in [0.5, 0.6) is 0 Å². The predicted molar refractivity (Wildman–Crippen MR) is 95.6 cm³/mol. The van der Waals surface area contributed by atoms with E-state index in [2.05, 4.69) is 41.6 Å². The molecule has 1 N–H and O–H groups in total. The van der Waals surface area contributed by atoms with E-state index in [1.54, 1.807) is 0 Å². The number of amides is 1. The quantitative estimate of drug-likeness (QED) is 0.703. The number of hydrogen-bond acceptors (Lipinski definition) is 4. The van der Waals surface area contributed by atoms with Crippen LogP contribution in [0.3, 0.4) is 0 Å². The highest BCUT2D eigenvalue weighted by Gasteiger charge is 2.20. The lowest BCUT2D eigenvalue weighted by Crippen LogP contribution is -2.40. The minimum absolute atomic E-state index is 0.115. The van der Waals surface area contributed by atoms with Gasteiger partial charge < -0.3 is 10.1 Å². The number of nitrogens with zero attached hydrogens (tertiary/aromatic N) is 1. The van der Waals surface area contributed by atoms with Gasteiger partial charge in [0.05, 0.1) is 6.61 Å². The van der Waals surface area contributed by atoms with Gasteiger partial charge in [0.1, 0.15) is 0 Å². The zero-order valence-corrected chi connectivity index (χ0v) is 15.2. The summed E-state index contributed by atoms with van der Waals surface area (Å²) in [5, 5.41) is 5.21. The van der Waals surface area contributed by atoms with Crippen molar-refractivity contribution in [1.29, 1.82) is 0 Å². The number of rotatable bonds is 9. The normalized spacial score (nSPS) is 19.2. The van der Waals surface area contributed by atoms with Crippen LogP contribution in [0.25, 0.3) is 0 Å². The van der Waals surface area contributed by atoms with Gasteiger partial charge in [0.15, 0.2) is 0 Å². The molecule has 1 fully saturated rings. The molecule has 1 aromatic heterocycles. The molecule has 0 aliphatic carbocycles. The Morgan fingerprint density at radius 2 is 2.39 bits per heavy atom. The summed E-state index contributed by atoms with van der Waals surface area (Å²) in [4.78, 5) is 15.8. The van der Waals surface area contributed by atoms with Gasteiger partial charge in [0.25, 0.3) is 0 Å². The number of hydrogen-bond donors (Lipinski definition) is 1. The van der Waals surface area contributed by atoms with Crippen molar-refractivity contribution in [3.05, 3.63) is 22.4 Å². The summed E-state index contributed by atoms with van der Waals surface area (Å²) >= 11 is 1.82. The van der Waals surface area contributed by atoms with E-state index in [4.69, 9.17) is 4.74 Å². The molecule has 2 heterocycles. The Labute approximate surface area is 144 Å². The molecule has 130 valence electrons. The van der Waals surface area contributed by atoms with Crippen molar-refractivity contribution in [2.75, 3.05) is 32.8 Å². The number of carbonyl (C=O) groups is 1. The average molecular weight is 339 g/mol. The van der Waals surface area contributed by atoms with Crippen molar-refractivity contribution < 1.29 is 9.53 Å². The monoisotopic (exact) mass is 338 g/mol. The molecule has 1 aliphatic rings. The van der Waals surface area contributed by atoms with Gasteiger partial charge in [-0.2, -0.15) is 0 Å². The first-order chi connectivity index (χ1) is 11.1. The highest BCUT2D eigenvalue weighted by molar-refractivity contribution is 7.09. The van der Waals surface area contributed by atoms with E-state index >= 15 is 0 Å². The van der Waals surface area contributed by atoms with Crippen LogP contribution in [-0.2, 0) is 16.1 Å². The Bertz CT molecular complexity index is 448. The largest absolute Gasteiger partial charge is 0.381 e. The van der Waals surface area contributed by atoms with Crippen molar-refractivity contribution in [1.82, 2.24) is 10.2 Å². The SMILES string of the molecule is CC(C)COCCC(=O)NCC1CCCN(Cc2cccs2)C1. The second-order valence-corrected chi connectivity index (χ2v) is 7.88. The molecule has 0 bridgehead atoms. The third-order valence-electron chi connectivity index (χ3n) is 4.08. The van der Waals surface area contributed by atoms with Gasteiger partial charge in [0.2, 0.25) is 5.91 Å². The molecule has 4 nitrogen and oxygen atoms in total. The molecular weight excluding hydrogens is 308 g/mol. The number of ether oxygens (including phenoxy) is 1. The smallest absolute Gasteiger partial charge is 0.222 e. The summed E-state index contributed by atoms with van der Waals surface area (Å²) in [5.41, 5.74) is 0. The average Bonchev–Trinajstić information content (AvgIpc) is 3.03. The summed E-state index contributed by atoms with van der Waals surface area (Å²) in [6.07, 6.45) is 2.91. The Kier molecular flexibility index (Phi) is 8.06. The number of likely N-dealkylation sites (tertiary alicyclic amines) is 1. The highest BCUT2D eigenvalue weighted by Crippen LogP contribution is 2.19. The molecule has 1 unspecified atom stereocenters. The highest BCUT2D eigenvalue weighted by atomic mass is 32.1. The number of piperidine rings is 1. The first kappa shape index (κ1) is 18.4. The Hall–Kier alpha value is -0.910. The van der Waals surface area contributed by atoms with Gasteiger partial charge in [-0.05, 0) is 42.7 Å². The minimum Gasteiger partial charge on any atom is -0.381 e. The van der Waals surface area contributed by atoms with Crippen molar-refractivity contribution in [3.8, 4) is 0 Å². The number of carbonyl (C=O) groups excluding carboxylic acids is 1. The van der Waals surface area contributed by atoms with E-state index in [0.717, 1.165) is 26.2 Å². The zero-order chi connectivity index (χ0) is 16.5. The molecule has 1 amide bonds. The Morgan fingerprint density at radius 3 is 3.13 bits per heavy atom. The lowest BCUT2D eigenvalue weighted by Gasteiger charge is -2.32. The van der Waals surface area contributed by atoms with E-state index in [9.17, 15) is 4.79 Å². The van der Waals surface area contributed by atoms with Crippen LogP contribution >= 0.6 is 11.3 Å². The summed E-state index contributed by atoms with van der Waals surface area (Å²) in [7, 11) is 0. The molecular formula is C18H30N2O2S. The molecule has 0 radical (unpaired) electrons. The van der Waals surface area contributed by atoms with E-state index < -0.39 is 0 Å². The molecule has 0 aromatic carbocycles. The van der Waals surface area contributed by atoms with Crippen LogP contribution in [0.4, 0.5) is 0 Å². The summed E-state index contributed by atoms with van der Waals surface area (Å²) in [5.74, 6) is 1.21.